The molecule has 0 saturated heterocycles. The van der Waals surface area contributed by atoms with E-state index in [4.69, 9.17) is 0 Å². The Balaban J connectivity index is 2.60. The van der Waals surface area contributed by atoms with Crippen LogP contribution in [0.4, 0.5) is 0 Å². The summed E-state index contributed by atoms with van der Waals surface area (Å²) in [5, 5.41) is 3.34. The Morgan fingerprint density at radius 2 is 2.18 bits per heavy atom. The predicted octanol–water partition coefficient (Wildman–Crippen LogP) is 1.50. The number of hydrogen-bond acceptors (Lipinski definition) is 3. The zero-order valence-corrected chi connectivity index (χ0v) is 11.1. The fourth-order valence-electron chi connectivity index (χ4n) is 1.32. The Hall–Kier alpha value is -1.42. The second-order valence-electron chi connectivity index (χ2n) is 5.35. The molecular formula is C13H21N3O. The van der Waals surface area contributed by atoms with Crippen molar-refractivity contribution in [1.29, 1.82) is 0 Å². The van der Waals surface area contributed by atoms with Gasteiger partial charge < -0.3 is 5.32 Å². The molecule has 1 aromatic rings. The first-order valence-corrected chi connectivity index (χ1v) is 5.73. The van der Waals surface area contributed by atoms with Gasteiger partial charge in [0.15, 0.2) is 0 Å². The summed E-state index contributed by atoms with van der Waals surface area (Å²) in [6.45, 7) is 13.3. The van der Waals surface area contributed by atoms with Crippen LogP contribution < -0.4 is 10.9 Å². The van der Waals surface area contributed by atoms with Crippen LogP contribution in [0.25, 0.3) is 0 Å². The molecule has 0 aliphatic carbocycles. The summed E-state index contributed by atoms with van der Waals surface area (Å²) < 4.78 is 1.57. The molecule has 1 heterocycles. The fourth-order valence-corrected chi connectivity index (χ4v) is 1.32. The molecule has 4 nitrogen and oxygen atoms in total. The molecule has 94 valence electrons. The minimum absolute atomic E-state index is 0.0330. The van der Waals surface area contributed by atoms with Crippen molar-refractivity contribution in [3.63, 3.8) is 0 Å². The van der Waals surface area contributed by atoms with Crippen molar-refractivity contribution in [3.8, 4) is 0 Å². The molecule has 0 atom stereocenters. The highest BCUT2D eigenvalue weighted by molar-refractivity contribution is 5.02. The summed E-state index contributed by atoms with van der Waals surface area (Å²) in [6, 6.07) is 1.53. The van der Waals surface area contributed by atoms with Crippen molar-refractivity contribution in [2.24, 2.45) is 0 Å². The summed E-state index contributed by atoms with van der Waals surface area (Å²) in [5.41, 5.74) is 1.73. The first-order chi connectivity index (χ1) is 7.78. The van der Waals surface area contributed by atoms with E-state index in [-0.39, 0.29) is 11.1 Å². The maximum Gasteiger partial charge on any atom is 0.253 e. The predicted molar refractivity (Wildman–Crippen MR) is 70.1 cm³/mol. The molecule has 4 heteroatoms. The summed E-state index contributed by atoms with van der Waals surface area (Å²) in [5.74, 6) is 0. The molecule has 0 aliphatic heterocycles. The molecule has 1 N–H and O–H groups in total. The SMILES string of the molecule is C=C(CNC(C)(C)C)Cn1cnc(C)cc1=O. The van der Waals surface area contributed by atoms with Crippen LogP contribution in [0.5, 0.6) is 0 Å². The number of aromatic nitrogens is 2. The van der Waals surface area contributed by atoms with Gasteiger partial charge in [-0.25, -0.2) is 4.98 Å². The molecule has 1 rings (SSSR count). The smallest absolute Gasteiger partial charge is 0.253 e. The third-order valence-corrected chi connectivity index (χ3v) is 2.28. The van der Waals surface area contributed by atoms with Gasteiger partial charge in [-0.05, 0) is 33.3 Å². The average molecular weight is 235 g/mol. The summed E-state index contributed by atoms with van der Waals surface area (Å²) in [6.07, 6.45) is 1.57. The van der Waals surface area contributed by atoms with Gasteiger partial charge in [-0.15, -0.1) is 0 Å². The number of aryl methyl sites for hydroxylation is 1. The van der Waals surface area contributed by atoms with Crippen LogP contribution in [-0.4, -0.2) is 21.6 Å². The molecule has 0 unspecified atom stereocenters. The lowest BCUT2D eigenvalue weighted by Gasteiger charge is -2.21. The molecule has 0 aromatic carbocycles. The van der Waals surface area contributed by atoms with Crippen molar-refractivity contribution in [1.82, 2.24) is 14.9 Å². The van der Waals surface area contributed by atoms with Crippen LogP contribution in [0.3, 0.4) is 0 Å². The lowest BCUT2D eigenvalue weighted by Crippen LogP contribution is -2.37. The van der Waals surface area contributed by atoms with Crippen LogP contribution in [0, 0.1) is 6.92 Å². The molecule has 17 heavy (non-hydrogen) atoms. The van der Waals surface area contributed by atoms with Crippen molar-refractivity contribution in [2.75, 3.05) is 6.54 Å². The lowest BCUT2D eigenvalue weighted by atomic mass is 10.1. The minimum atomic E-state index is -0.0330. The molecule has 0 radical (unpaired) electrons. The minimum Gasteiger partial charge on any atom is -0.308 e. The number of hydrogen-bond donors (Lipinski definition) is 1. The largest absolute Gasteiger partial charge is 0.308 e. The van der Waals surface area contributed by atoms with Gasteiger partial charge in [0, 0.05) is 30.4 Å². The lowest BCUT2D eigenvalue weighted by molar-refractivity contribution is 0.439. The first-order valence-electron chi connectivity index (χ1n) is 5.73. The van der Waals surface area contributed by atoms with Crippen LogP contribution in [0.1, 0.15) is 26.5 Å². The van der Waals surface area contributed by atoms with Crippen LogP contribution >= 0.6 is 0 Å². The van der Waals surface area contributed by atoms with Crippen molar-refractivity contribution in [3.05, 3.63) is 40.6 Å². The zero-order chi connectivity index (χ0) is 13.1. The molecular weight excluding hydrogens is 214 g/mol. The average Bonchev–Trinajstić information content (AvgIpc) is 2.18. The molecule has 0 fully saturated rings. The van der Waals surface area contributed by atoms with E-state index in [9.17, 15) is 4.79 Å². The Morgan fingerprint density at radius 1 is 1.53 bits per heavy atom. The Bertz CT molecular complexity index is 454. The fraction of sp³-hybridized carbons (Fsp3) is 0.538. The maximum absolute atomic E-state index is 11.6. The highest BCUT2D eigenvalue weighted by atomic mass is 16.1. The van der Waals surface area contributed by atoms with E-state index in [0.717, 1.165) is 11.3 Å². The molecule has 1 aromatic heterocycles. The van der Waals surface area contributed by atoms with E-state index in [1.165, 1.54) is 6.07 Å². The van der Waals surface area contributed by atoms with E-state index in [0.29, 0.717) is 13.1 Å². The Morgan fingerprint density at radius 3 is 2.71 bits per heavy atom. The number of nitrogens with one attached hydrogen (secondary N) is 1. The number of nitrogens with zero attached hydrogens (tertiary/aromatic N) is 2. The van der Waals surface area contributed by atoms with Gasteiger partial charge in [0.2, 0.25) is 0 Å². The monoisotopic (exact) mass is 235 g/mol. The maximum atomic E-state index is 11.6. The van der Waals surface area contributed by atoms with Gasteiger partial charge in [-0.3, -0.25) is 9.36 Å². The van der Waals surface area contributed by atoms with Gasteiger partial charge in [-0.1, -0.05) is 6.58 Å². The van der Waals surface area contributed by atoms with E-state index in [1.54, 1.807) is 10.9 Å². The van der Waals surface area contributed by atoms with Crippen LogP contribution in [0.15, 0.2) is 29.3 Å². The van der Waals surface area contributed by atoms with Crippen LogP contribution in [-0.2, 0) is 6.54 Å². The quantitative estimate of drug-likeness (QED) is 0.804. The standard InChI is InChI=1S/C13H21N3O/c1-10(7-15-13(3,4)5)8-16-9-14-11(2)6-12(16)17/h6,9,15H,1,7-8H2,2-5H3. The van der Waals surface area contributed by atoms with Gasteiger partial charge >= 0.3 is 0 Å². The Kier molecular flexibility index (Phi) is 4.23. The Labute approximate surface area is 102 Å². The highest BCUT2D eigenvalue weighted by Gasteiger charge is 2.09. The first kappa shape index (κ1) is 13.6. The second kappa shape index (κ2) is 5.27. The van der Waals surface area contributed by atoms with Gasteiger partial charge in [0.1, 0.15) is 0 Å². The molecule has 0 bridgehead atoms. The molecule has 0 saturated carbocycles. The molecule has 0 spiro atoms. The summed E-state index contributed by atoms with van der Waals surface area (Å²) in [7, 11) is 0. The molecule has 0 amide bonds. The van der Waals surface area contributed by atoms with E-state index in [2.05, 4.69) is 37.7 Å². The third-order valence-electron chi connectivity index (χ3n) is 2.28. The van der Waals surface area contributed by atoms with Crippen molar-refractivity contribution >= 4 is 0 Å². The summed E-state index contributed by atoms with van der Waals surface area (Å²) >= 11 is 0. The second-order valence-corrected chi connectivity index (χ2v) is 5.35. The van der Waals surface area contributed by atoms with E-state index >= 15 is 0 Å². The van der Waals surface area contributed by atoms with E-state index < -0.39 is 0 Å². The van der Waals surface area contributed by atoms with Crippen molar-refractivity contribution < 1.29 is 0 Å². The number of rotatable bonds is 4. The topological polar surface area (TPSA) is 46.9 Å². The van der Waals surface area contributed by atoms with Gasteiger partial charge in [0.05, 0.1) is 6.33 Å². The normalized spacial score (nSPS) is 11.5. The third kappa shape index (κ3) is 4.95. The van der Waals surface area contributed by atoms with Gasteiger partial charge in [-0.2, -0.15) is 0 Å². The highest BCUT2D eigenvalue weighted by Crippen LogP contribution is 2.01. The summed E-state index contributed by atoms with van der Waals surface area (Å²) in [4.78, 5) is 15.7. The zero-order valence-electron chi connectivity index (χ0n) is 11.1. The van der Waals surface area contributed by atoms with Crippen molar-refractivity contribution in [2.45, 2.75) is 39.8 Å². The van der Waals surface area contributed by atoms with Gasteiger partial charge in [0.25, 0.3) is 5.56 Å². The van der Waals surface area contributed by atoms with Crippen LogP contribution in [0.2, 0.25) is 0 Å². The molecule has 0 aliphatic rings. The van der Waals surface area contributed by atoms with E-state index in [1.807, 2.05) is 6.92 Å².